The number of hydrogen-bond donors (Lipinski definition) is 2. The van der Waals surface area contributed by atoms with E-state index in [4.69, 9.17) is 15.9 Å². The Morgan fingerprint density at radius 2 is 1.95 bits per heavy atom. The lowest BCUT2D eigenvalue weighted by atomic mass is 10.1. The summed E-state index contributed by atoms with van der Waals surface area (Å²) < 4.78 is 5.68. The molecule has 0 fully saturated rings. The minimum absolute atomic E-state index is 0.0907. The van der Waals surface area contributed by atoms with Gasteiger partial charge in [-0.15, -0.1) is 5.10 Å². The van der Waals surface area contributed by atoms with Gasteiger partial charge in [0.1, 0.15) is 5.84 Å². The van der Waals surface area contributed by atoms with E-state index in [0.717, 1.165) is 17.0 Å². The summed E-state index contributed by atoms with van der Waals surface area (Å²) in [5.74, 6) is 0.710. The Labute approximate surface area is 111 Å². The van der Waals surface area contributed by atoms with Gasteiger partial charge in [0.2, 0.25) is 5.88 Å². The number of nitrogens with one attached hydrogen (secondary N) is 1. The van der Waals surface area contributed by atoms with Crippen LogP contribution in [0.2, 0.25) is 0 Å². The van der Waals surface area contributed by atoms with Gasteiger partial charge in [0.05, 0.1) is 17.0 Å². The lowest BCUT2D eigenvalue weighted by Gasteiger charge is -2.12. The number of aromatic nitrogens is 3. The standard InChI is InChI=1S/C13H15N5O/c1-7-8(2)17-18-13(11(7)12(14)15)19-10-5-4-6-16-9(10)3/h4-6H,1-3H3,(H3,14,15). The lowest BCUT2D eigenvalue weighted by molar-refractivity contribution is 0.446. The fourth-order valence-electron chi connectivity index (χ4n) is 1.66. The van der Waals surface area contributed by atoms with Crippen LogP contribution in [-0.4, -0.2) is 21.0 Å². The second-order valence-electron chi connectivity index (χ2n) is 4.19. The number of amidine groups is 1. The maximum Gasteiger partial charge on any atom is 0.250 e. The average Bonchev–Trinajstić information content (AvgIpc) is 2.36. The van der Waals surface area contributed by atoms with E-state index in [1.165, 1.54) is 0 Å². The molecule has 0 unspecified atom stereocenters. The lowest BCUT2D eigenvalue weighted by Crippen LogP contribution is -2.16. The van der Waals surface area contributed by atoms with E-state index in [9.17, 15) is 0 Å². The number of rotatable bonds is 3. The monoisotopic (exact) mass is 257 g/mol. The van der Waals surface area contributed by atoms with Crippen LogP contribution >= 0.6 is 0 Å². The number of hydrogen-bond acceptors (Lipinski definition) is 5. The molecule has 0 aliphatic rings. The Morgan fingerprint density at radius 3 is 2.58 bits per heavy atom. The smallest absolute Gasteiger partial charge is 0.250 e. The van der Waals surface area contributed by atoms with Crippen LogP contribution in [0.1, 0.15) is 22.5 Å². The number of nitrogens with zero attached hydrogens (tertiary/aromatic N) is 3. The van der Waals surface area contributed by atoms with E-state index in [1.807, 2.05) is 20.8 Å². The molecule has 0 amide bonds. The summed E-state index contributed by atoms with van der Waals surface area (Å²) in [7, 11) is 0. The summed E-state index contributed by atoms with van der Waals surface area (Å²) in [4.78, 5) is 4.13. The molecule has 0 aromatic carbocycles. The number of nitrogen functional groups attached to an aromatic ring is 1. The summed E-state index contributed by atoms with van der Waals surface area (Å²) in [6.07, 6.45) is 1.68. The summed E-state index contributed by atoms with van der Waals surface area (Å²) >= 11 is 0. The van der Waals surface area contributed by atoms with E-state index in [0.29, 0.717) is 11.3 Å². The van der Waals surface area contributed by atoms with Crippen molar-refractivity contribution in [1.82, 2.24) is 15.2 Å². The normalized spacial score (nSPS) is 10.3. The van der Waals surface area contributed by atoms with Crippen molar-refractivity contribution >= 4 is 5.84 Å². The predicted molar refractivity (Wildman–Crippen MR) is 71.6 cm³/mol. The second-order valence-corrected chi connectivity index (χ2v) is 4.19. The third-order valence-electron chi connectivity index (χ3n) is 2.86. The van der Waals surface area contributed by atoms with Crippen molar-refractivity contribution in [3.05, 3.63) is 40.8 Å². The molecule has 0 atom stereocenters. The van der Waals surface area contributed by atoms with Gasteiger partial charge in [0, 0.05) is 6.20 Å². The Kier molecular flexibility index (Phi) is 3.41. The van der Waals surface area contributed by atoms with E-state index >= 15 is 0 Å². The van der Waals surface area contributed by atoms with Crippen molar-refractivity contribution < 1.29 is 4.74 Å². The van der Waals surface area contributed by atoms with Crippen LogP contribution in [0.3, 0.4) is 0 Å². The zero-order valence-electron chi connectivity index (χ0n) is 11.1. The molecule has 0 spiro atoms. The Balaban J connectivity index is 2.49. The topological polar surface area (TPSA) is 97.8 Å². The van der Waals surface area contributed by atoms with Crippen LogP contribution in [-0.2, 0) is 0 Å². The Bertz CT molecular complexity index is 639. The minimum Gasteiger partial charge on any atom is -0.435 e. The number of ether oxygens (including phenoxy) is 1. The largest absolute Gasteiger partial charge is 0.435 e. The summed E-state index contributed by atoms with van der Waals surface area (Å²) in [6.45, 7) is 5.48. The van der Waals surface area contributed by atoms with Gasteiger partial charge < -0.3 is 10.5 Å². The minimum atomic E-state index is -0.0907. The molecule has 3 N–H and O–H groups in total. The summed E-state index contributed by atoms with van der Waals surface area (Å²) in [5.41, 5.74) is 8.31. The molecule has 6 heteroatoms. The Morgan fingerprint density at radius 1 is 1.21 bits per heavy atom. The molecule has 0 saturated carbocycles. The van der Waals surface area contributed by atoms with Crippen LogP contribution in [0, 0.1) is 26.2 Å². The zero-order chi connectivity index (χ0) is 14.0. The number of aryl methyl sites for hydroxylation is 2. The SMILES string of the molecule is Cc1ncccc1Oc1nnc(C)c(C)c1C(=N)N. The molecule has 2 aromatic heterocycles. The van der Waals surface area contributed by atoms with Gasteiger partial charge in [0.25, 0.3) is 0 Å². The molecule has 19 heavy (non-hydrogen) atoms. The third-order valence-corrected chi connectivity index (χ3v) is 2.86. The van der Waals surface area contributed by atoms with Crippen LogP contribution in [0.5, 0.6) is 11.6 Å². The molecule has 2 aromatic rings. The van der Waals surface area contributed by atoms with Gasteiger partial charge in [0.15, 0.2) is 5.75 Å². The zero-order valence-corrected chi connectivity index (χ0v) is 11.1. The highest BCUT2D eigenvalue weighted by Gasteiger charge is 2.16. The molecule has 0 bridgehead atoms. The summed E-state index contributed by atoms with van der Waals surface area (Å²) in [5, 5.41) is 15.6. The van der Waals surface area contributed by atoms with Crippen molar-refractivity contribution in [3.8, 4) is 11.6 Å². The van der Waals surface area contributed by atoms with Gasteiger partial charge >= 0.3 is 0 Å². The molecule has 2 heterocycles. The first-order valence-corrected chi connectivity index (χ1v) is 5.78. The average molecular weight is 257 g/mol. The quantitative estimate of drug-likeness (QED) is 0.646. The molecule has 0 aliphatic heterocycles. The van der Waals surface area contributed by atoms with Crippen LogP contribution in [0.25, 0.3) is 0 Å². The number of pyridine rings is 1. The van der Waals surface area contributed by atoms with Crippen molar-refractivity contribution in [2.45, 2.75) is 20.8 Å². The van der Waals surface area contributed by atoms with E-state index in [2.05, 4.69) is 15.2 Å². The van der Waals surface area contributed by atoms with E-state index in [-0.39, 0.29) is 11.7 Å². The molecule has 6 nitrogen and oxygen atoms in total. The predicted octanol–water partition coefficient (Wildman–Crippen LogP) is 1.87. The van der Waals surface area contributed by atoms with Crippen LogP contribution in [0.4, 0.5) is 0 Å². The first kappa shape index (κ1) is 12.9. The van der Waals surface area contributed by atoms with Crippen molar-refractivity contribution in [3.63, 3.8) is 0 Å². The molecular formula is C13H15N5O. The Hall–Kier alpha value is -2.50. The molecule has 0 aliphatic carbocycles. The van der Waals surface area contributed by atoms with Gasteiger partial charge in [-0.05, 0) is 38.5 Å². The highest BCUT2D eigenvalue weighted by molar-refractivity contribution is 5.98. The van der Waals surface area contributed by atoms with Gasteiger partial charge in [-0.25, -0.2) is 0 Å². The maximum atomic E-state index is 7.65. The van der Waals surface area contributed by atoms with Crippen LogP contribution in [0.15, 0.2) is 18.3 Å². The van der Waals surface area contributed by atoms with E-state index < -0.39 is 0 Å². The molecule has 0 saturated heterocycles. The molecule has 98 valence electrons. The third kappa shape index (κ3) is 2.52. The van der Waals surface area contributed by atoms with Crippen molar-refractivity contribution in [2.24, 2.45) is 5.73 Å². The summed E-state index contributed by atoms with van der Waals surface area (Å²) in [6, 6.07) is 3.55. The van der Waals surface area contributed by atoms with Gasteiger partial charge in [-0.1, -0.05) is 0 Å². The van der Waals surface area contributed by atoms with Crippen molar-refractivity contribution in [1.29, 1.82) is 5.41 Å². The first-order chi connectivity index (χ1) is 9.00. The highest BCUT2D eigenvalue weighted by atomic mass is 16.5. The van der Waals surface area contributed by atoms with Crippen molar-refractivity contribution in [2.75, 3.05) is 0 Å². The molecular weight excluding hydrogens is 242 g/mol. The van der Waals surface area contributed by atoms with E-state index in [1.54, 1.807) is 18.3 Å². The van der Waals surface area contributed by atoms with Gasteiger partial charge in [-0.3, -0.25) is 10.4 Å². The molecule has 0 radical (unpaired) electrons. The highest BCUT2D eigenvalue weighted by Crippen LogP contribution is 2.26. The maximum absolute atomic E-state index is 7.65. The van der Waals surface area contributed by atoms with Gasteiger partial charge in [-0.2, -0.15) is 5.10 Å². The molecule has 2 rings (SSSR count). The number of nitrogens with two attached hydrogens (primary N) is 1. The fraction of sp³-hybridized carbons (Fsp3) is 0.231. The first-order valence-electron chi connectivity index (χ1n) is 5.78. The second kappa shape index (κ2) is 5.01. The van der Waals surface area contributed by atoms with Crippen LogP contribution < -0.4 is 10.5 Å². The fourth-order valence-corrected chi connectivity index (χ4v) is 1.66.